The van der Waals surface area contributed by atoms with E-state index < -0.39 is 12.1 Å². The Bertz CT molecular complexity index is 861. The lowest BCUT2D eigenvalue weighted by atomic mass is 10.2. The van der Waals surface area contributed by atoms with Gasteiger partial charge in [0.15, 0.2) is 6.10 Å². The van der Waals surface area contributed by atoms with Crippen LogP contribution >= 0.6 is 31.9 Å². The number of rotatable bonds is 7. The van der Waals surface area contributed by atoms with Crippen molar-refractivity contribution < 1.29 is 14.4 Å². The molecule has 148 valence electrons. The number of anilines is 1. The van der Waals surface area contributed by atoms with E-state index in [-0.39, 0.29) is 0 Å². The Morgan fingerprint density at radius 2 is 1.93 bits per heavy atom. The van der Waals surface area contributed by atoms with Gasteiger partial charge in [0.25, 0.3) is 0 Å². The first-order valence-electron chi connectivity index (χ1n) is 8.90. The minimum Gasteiger partial charge on any atom is -0.425 e. The molecule has 1 aliphatic rings. The van der Waals surface area contributed by atoms with Crippen molar-refractivity contribution in [3.8, 4) is 5.75 Å². The van der Waals surface area contributed by atoms with Crippen molar-refractivity contribution >= 4 is 43.5 Å². The van der Waals surface area contributed by atoms with E-state index in [4.69, 9.17) is 9.57 Å². The Morgan fingerprint density at radius 1 is 1.18 bits per heavy atom. The van der Waals surface area contributed by atoms with Crippen LogP contribution in [0.1, 0.15) is 26.7 Å². The van der Waals surface area contributed by atoms with E-state index in [1.165, 1.54) is 5.17 Å². The maximum atomic E-state index is 12.6. The van der Waals surface area contributed by atoms with Crippen LogP contribution in [0.5, 0.6) is 5.75 Å². The number of allylic oxidation sites excluding steroid dienone is 1. The highest BCUT2D eigenvalue weighted by Crippen LogP contribution is 2.32. The molecule has 6 nitrogen and oxygen atoms in total. The Kier molecular flexibility index (Phi) is 7.12. The van der Waals surface area contributed by atoms with Crippen LogP contribution in [-0.4, -0.2) is 17.2 Å². The van der Waals surface area contributed by atoms with Crippen molar-refractivity contribution in [3.63, 3.8) is 0 Å². The summed E-state index contributed by atoms with van der Waals surface area (Å²) >= 11 is 7.02. The molecule has 2 aromatic rings. The van der Waals surface area contributed by atoms with E-state index in [0.29, 0.717) is 12.2 Å². The van der Waals surface area contributed by atoms with Crippen LogP contribution in [0.3, 0.4) is 0 Å². The molecule has 3 rings (SSSR count). The summed E-state index contributed by atoms with van der Waals surface area (Å²) in [5, 5.41) is 3.30. The highest BCUT2D eigenvalue weighted by atomic mass is 79.9. The monoisotopic (exact) mass is 509 g/mol. The number of para-hydroxylation sites is 1. The first-order chi connectivity index (χ1) is 13.5. The van der Waals surface area contributed by atoms with E-state index in [9.17, 15) is 4.79 Å². The predicted molar refractivity (Wildman–Crippen MR) is 115 cm³/mol. The Hall–Kier alpha value is -1.87. The Labute approximate surface area is 181 Å². The zero-order chi connectivity index (χ0) is 20.1. The lowest BCUT2D eigenvalue weighted by Crippen LogP contribution is -2.44. The molecule has 0 radical (unpaired) electrons. The summed E-state index contributed by atoms with van der Waals surface area (Å²) in [7, 11) is 0. The van der Waals surface area contributed by atoms with Crippen molar-refractivity contribution in [3.05, 3.63) is 69.4 Å². The fourth-order valence-corrected chi connectivity index (χ4v) is 3.90. The molecule has 1 unspecified atom stereocenters. The van der Waals surface area contributed by atoms with Gasteiger partial charge >= 0.3 is 5.97 Å². The quantitative estimate of drug-likeness (QED) is 0.402. The number of carbonyl (C=O) groups excluding carboxylic acids is 1. The molecule has 0 saturated heterocycles. The number of hydrogen-bond acceptors (Lipinski definition) is 6. The smallest absolute Gasteiger partial charge is 0.343 e. The van der Waals surface area contributed by atoms with Gasteiger partial charge in [0.1, 0.15) is 5.75 Å². The molecule has 1 N–H and O–H groups in total. The third-order valence-corrected chi connectivity index (χ3v) is 5.15. The largest absolute Gasteiger partial charge is 0.425 e. The Balaban J connectivity index is 1.68. The van der Waals surface area contributed by atoms with Gasteiger partial charge < -0.3 is 4.74 Å². The normalized spacial score (nSPS) is 14.8. The van der Waals surface area contributed by atoms with Crippen LogP contribution in [0, 0.1) is 0 Å². The van der Waals surface area contributed by atoms with Gasteiger partial charge in [-0.1, -0.05) is 47.5 Å². The second kappa shape index (κ2) is 9.56. The molecule has 28 heavy (non-hydrogen) atoms. The zero-order valence-electron chi connectivity index (χ0n) is 15.6. The van der Waals surface area contributed by atoms with Crippen molar-refractivity contribution in [2.75, 3.05) is 5.01 Å². The molecule has 1 atom stereocenters. The SMILES string of the molecule is CCCC(ON1C=C(C)N(c2ccc(Br)cc2Br)N1)C(=O)Oc1ccccc1. The maximum absolute atomic E-state index is 12.6. The number of hydroxylamine groups is 1. The molecular formula is C20H21Br2N3O3. The van der Waals surface area contributed by atoms with Crippen LogP contribution in [0.15, 0.2) is 69.4 Å². The van der Waals surface area contributed by atoms with Gasteiger partial charge in [-0.15, -0.1) is 5.53 Å². The zero-order valence-corrected chi connectivity index (χ0v) is 18.7. The summed E-state index contributed by atoms with van der Waals surface area (Å²) in [5.74, 6) is 0.0721. The summed E-state index contributed by atoms with van der Waals surface area (Å²) in [6.07, 6.45) is 2.38. The number of halogens is 2. The summed E-state index contributed by atoms with van der Waals surface area (Å²) < 4.78 is 7.33. The molecule has 2 aromatic carbocycles. The molecule has 0 spiro atoms. The van der Waals surface area contributed by atoms with Crippen LogP contribution in [-0.2, 0) is 9.63 Å². The fraction of sp³-hybridized carbons (Fsp3) is 0.250. The molecule has 8 heteroatoms. The molecule has 0 bridgehead atoms. The number of hydrogen-bond donors (Lipinski definition) is 1. The van der Waals surface area contributed by atoms with Gasteiger partial charge in [-0.2, -0.15) is 5.17 Å². The number of nitrogens with zero attached hydrogens (tertiary/aromatic N) is 2. The predicted octanol–water partition coefficient (Wildman–Crippen LogP) is 5.32. The van der Waals surface area contributed by atoms with E-state index >= 15 is 0 Å². The molecule has 0 aliphatic carbocycles. The van der Waals surface area contributed by atoms with Crippen molar-refractivity contribution in [1.82, 2.24) is 10.7 Å². The van der Waals surface area contributed by atoms with Crippen molar-refractivity contribution in [1.29, 1.82) is 0 Å². The van der Waals surface area contributed by atoms with Gasteiger partial charge in [-0.25, -0.2) is 9.63 Å². The average Bonchev–Trinajstić information content (AvgIpc) is 3.02. The highest BCUT2D eigenvalue weighted by Gasteiger charge is 2.28. The first-order valence-corrected chi connectivity index (χ1v) is 10.5. The van der Waals surface area contributed by atoms with Crippen LogP contribution in [0.4, 0.5) is 5.69 Å². The van der Waals surface area contributed by atoms with Crippen LogP contribution in [0.2, 0.25) is 0 Å². The second-order valence-electron chi connectivity index (χ2n) is 6.24. The second-order valence-corrected chi connectivity index (χ2v) is 8.01. The van der Waals surface area contributed by atoms with Gasteiger partial charge in [0.2, 0.25) is 0 Å². The summed E-state index contributed by atoms with van der Waals surface area (Å²) in [5.41, 5.74) is 4.95. The van der Waals surface area contributed by atoms with Crippen molar-refractivity contribution in [2.24, 2.45) is 0 Å². The van der Waals surface area contributed by atoms with Gasteiger partial charge in [-0.05, 0) is 59.6 Å². The highest BCUT2D eigenvalue weighted by molar-refractivity contribution is 9.11. The number of carbonyl (C=O) groups is 1. The van der Waals surface area contributed by atoms with Gasteiger partial charge in [0, 0.05) is 8.95 Å². The maximum Gasteiger partial charge on any atom is 0.343 e. The van der Waals surface area contributed by atoms with E-state index in [1.54, 1.807) is 18.3 Å². The first kappa shape index (κ1) is 20.9. The van der Waals surface area contributed by atoms with Gasteiger partial charge in [0.05, 0.1) is 17.6 Å². The summed E-state index contributed by atoms with van der Waals surface area (Å²) in [6, 6.07) is 14.9. The molecule has 0 aromatic heterocycles. The van der Waals surface area contributed by atoms with E-state index in [2.05, 4.69) is 37.4 Å². The molecular weight excluding hydrogens is 490 g/mol. The number of esters is 1. The molecule has 0 amide bonds. The summed E-state index contributed by atoms with van der Waals surface area (Å²) in [6.45, 7) is 3.94. The van der Waals surface area contributed by atoms with Crippen LogP contribution in [0.25, 0.3) is 0 Å². The average molecular weight is 511 g/mol. The lowest BCUT2D eigenvalue weighted by Gasteiger charge is -2.26. The number of nitrogens with one attached hydrogen (secondary N) is 1. The number of hydrazine groups is 2. The molecule has 1 aliphatic heterocycles. The lowest BCUT2D eigenvalue weighted by molar-refractivity contribution is -0.205. The van der Waals surface area contributed by atoms with E-state index in [0.717, 1.165) is 26.8 Å². The van der Waals surface area contributed by atoms with Crippen LogP contribution < -0.4 is 15.3 Å². The number of benzene rings is 2. The molecule has 1 heterocycles. The minimum absolute atomic E-state index is 0.427. The third-order valence-electron chi connectivity index (χ3n) is 4.02. The number of ether oxygens (including phenoxy) is 1. The van der Waals surface area contributed by atoms with Gasteiger partial charge in [-0.3, -0.25) is 5.01 Å². The standard InChI is InChI=1S/C20H21Br2N3O3/c1-3-7-19(20(26)27-16-8-5-4-6-9-16)28-24-13-14(2)25(23-24)18-11-10-15(21)12-17(18)22/h4-6,8-13,19,23H,3,7H2,1-2H3. The molecule has 0 saturated carbocycles. The Morgan fingerprint density at radius 3 is 2.61 bits per heavy atom. The molecule has 0 fully saturated rings. The third kappa shape index (κ3) is 5.14. The van der Waals surface area contributed by atoms with Crippen molar-refractivity contribution in [2.45, 2.75) is 32.8 Å². The topological polar surface area (TPSA) is 54.0 Å². The summed E-state index contributed by atoms with van der Waals surface area (Å²) in [4.78, 5) is 18.4. The minimum atomic E-state index is -0.727. The fourth-order valence-electron chi connectivity index (χ4n) is 2.68. The van der Waals surface area contributed by atoms with E-state index in [1.807, 2.05) is 55.3 Å².